The van der Waals surface area contributed by atoms with Crippen molar-refractivity contribution in [3.05, 3.63) is 64.7 Å². The zero-order valence-electron chi connectivity index (χ0n) is 12.9. The molecule has 0 amide bonds. The molecule has 0 spiro atoms. The first kappa shape index (κ1) is 14.2. The minimum Gasteiger partial charge on any atom is -0.489 e. The summed E-state index contributed by atoms with van der Waals surface area (Å²) in [6, 6.07) is 15.5. The van der Waals surface area contributed by atoms with Crippen LogP contribution in [0.15, 0.2) is 42.5 Å². The van der Waals surface area contributed by atoms with Gasteiger partial charge in [0.2, 0.25) is 0 Å². The highest BCUT2D eigenvalue weighted by Gasteiger charge is 2.21. The molecule has 3 rings (SSSR count). The fourth-order valence-corrected chi connectivity index (χ4v) is 3.11. The first-order valence-electron chi connectivity index (χ1n) is 7.81. The monoisotopic (exact) mass is 281 g/mol. The standard InChI is InChI=1S/C19H23NO/c1-3-20-19-10-7-16-12-17(8-9-18(16)19)21-13-15-6-4-5-14(2)11-15/h4-6,8-9,11-12,19-20H,3,7,10,13H2,1-2H3. The van der Waals surface area contributed by atoms with Crippen LogP contribution < -0.4 is 10.1 Å². The van der Waals surface area contributed by atoms with E-state index in [0.717, 1.165) is 18.7 Å². The van der Waals surface area contributed by atoms with Crippen molar-refractivity contribution in [2.75, 3.05) is 6.54 Å². The lowest BCUT2D eigenvalue weighted by molar-refractivity contribution is 0.306. The number of nitrogens with one attached hydrogen (secondary N) is 1. The van der Waals surface area contributed by atoms with Crippen molar-refractivity contribution < 1.29 is 4.74 Å². The van der Waals surface area contributed by atoms with Crippen molar-refractivity contribution >= 4 is 0 Å². The van der Waals surface area contributed by atoms with E-state index in [9.17, 15) is 0 Å². The normalized spacial score (nSPS) is 16.8. The summed E-state index contributed by atoms with van der Waals surface area (Å²) in [5.74, 6) is 0.979. The molecule has 0 aromatic heterocycles. The fourth-order valence-electron chi connectivity index (χ4n) is 3.11. The highest BCUT2D eigenvalue weighted by molar-refractivity contribution is 5.40. The summed E-state index contributed by atoms with van der Waals surface area (Å²) in [7, 11) is 0. The van der Waals surface area contributed by atoms with Gasteiger partial charge in [-0.1, -0.05) is 42.8 Å². The molecule has 2 aromatic carbocycles. The molecule has 1 aliphatic rings. The van der Waals surface area contributed by atoms with Gasteiger partial charge < -0.3 is 10.1 Å². The molecule has 110 valence electrons. The van der Waals surface area contributed by atoms with Gasteiger partial charge in [-0.05, 0) is 55.1 Å². The minimum atomic E-state index is 0.524. The maximum absolute atomic E-state index is 5.95. The molecule has 2 heteroatoms. The number of hydrogen-bond acceptors (Lipinski definition) is 2. The van der Waals surface area contributed by atoms with E-state index in [-0.39, 0.29) is 0 Å². The summed E-state index contributed by atoms with van der Waals surface area (Å²) < 4.78 is 5.95. The second-order valence-corrected chi connectivity index (χ2v) is 5.79. The van der Waals surface area contributed by atoms with Crippen LogP contribution in [0.5, 0.6) is 5.75 Å². The zero-order valence-corrected chi connectivity index (χ0v) is 12.9. The summed E-state index contributed by atoms with van der Waals surface area (Å²) in [6.07, 6.45) is 2.35. The fraction of sp³-hybridized carbons (Fsp3) is 0.368. The van der Waals surface area contributed by atoms with Gasteiger partial charge in [0.05, 0.1) is 0 Å². The van der Waals surface area contributed by atoms with Gasteiger partial charge in [0.25, 0.3) is 0 Å². The first-order valence-corrected chi connectivity index (χ1v) is 7.81. The van der Waals surface area contributed by atoms with Crippen molar-refractivity contribution in [2.24, 2.45) is 0 Å². The number of ether oxygens (including phenoxy) is 1. The molecule has 21 heavy (non-hydrogen) atoms. The van der Waals surface area contributed by atoms with E-state index in [1.54, 1.807) is 0 Å². The Morgan fingerprint density at radius 2 is 2.10 bits per heavy atom. The molecule has 0 fully saturated rings. The van der Waals surface area contributed by atoms with Crippen LogP contribution in [0.2, 0.25) is 0 Å². The minimum absolute atomic E-state index is 0.524. The number of rotatable bonds is 5. The van der Waals surface area contributed by atoms with Gasteiger partial charge in [0, 0.05) is 6.04 Å². The summed E-state index contributed by atoms with van der Waals surface area (Å²) in [5, 5.41) is 3.54. The third-order valence-electron chi connectivity index (χ3n) is 4.13. The third kappa shape index (κ3) is 3.27. The molecular weight excluding hydrogens is 258 g/mol. The van der Waals surface area contributed by atoms with E-state index in [1.807, 2.05) is 0 Å². The molecule has 2 nitrogen and oxygen atoms in total. The molecule has 0 saturated carbocycles. The van der Waals surface area contributed by atoms with Crippen LogP contribution in [0.25, 0.3) is 0 Å². The number of hydrogen-bond donors (Lipinski definition) is 1. The number of benzene rings is 2. The van der Waals surface area contributed by atoms with Gasteiger partial charge in [0.15, 0.2) is 0 Å². The molecular formula is C19H23NO. The molecule has 0 aliphatic heterocycles. The highest BCUT2D eigenvalue weighted by Crippen LogP contribution is 2.33. The Hall–Kier alpha value is -1.80. The van der Waals surface area contributed by atoms with Gasteiger partial charge in [-0.15, -0.1) is 0 Å². The van der Waals surface area contributed by atoms with Gasteiger partial charge in [0.1, 0.15) is 12.4 Å². The number of fused-ring (bicyclic) bond motifs is 1. The largest absolute Gasteiger partial charge is 0.489 e. The summed E-state index contributed by atoms with van der Waals surface area (Å²) in [5.41, 5.74) is 5.38. The Bertz CT molecular complexity index is 621. The lowest BCUT2D eigenvalue weighted by Gasteiger charge is -2.13. The van der Waals surface area contributed by atoms with Crippen molar-refractivity contribution in [1.29, 1.82) is 0 Å². The van der Waals surface area contributed by atoms with Crippen LogP contribution in [0, 0.1) is 6.92 Å². The SMILES string of the molecule is CCNC1CCc2cc(OCc3cccc(C)c3)ccc21. The van der Waals surface area contributed by atoms with E-state index < -0.39 is 0 Å². The molecule has 0 saturated heterocycles. The van der Waals surface area contributed by atoms with Gasteiger partial charge in [-0.2, -0.15) is 0 Å². The molecule has 0 heterocycles. The van der Waals surface area contributed by atoms with Crippen LogP contribution in [-0.2, 0) is 13.0 Å². The maximum atomic E-state index is 5.95. The topological polar surface area (TPSA) is 21.3 Å². The highest BCUT2D eigenvalue weighted by atomic mass is 16.5. The zero-order chi connectivity index (χ0) is 14.7. The molecule has 0 bridgehead atoms. The Labute approximate surface area is 127 Å². The summed E-state index contributed by atoms with van der Waals surface area (Å²) in [4.78, 5) is 0. The van der Waals surface area contributed by atoms with Gasteiger partial charge in [-0.3, -0.25) is 0 Å². The average Bonchev–Trinajstić information content (AvgIpc) is 2.88. The Kier molecular flexibility index (Phi) is 4.26. The van der Waals surface area contributed by atoms with Crippen LogP contribution in [0.4, 0.5) is 0 Å². The molecule has 2 aromatic rings. The van der Waals surface area contributed by atoms with E-state index >= 15 is 0 Å². The van der Waals surface area contributed by atoms with Crippen LogP contribution in [0.3, 0.4) is 0 Å². The summed E-state index contributed by atoms with van der Waals surface area (Å²) in [6.45, 7) is 5.93. The first-order chi connectivity index (χ1) is 10.3. The van der Waals surface area contributed by atoms with Gasteiger partial charge >= 0.3 is 0 Å². The molecule has 1 unspecified atom stereocenters. The van der Waals surface area contributed by atoms with E-state index in [1.165, 1.54) is 28.7 Å². The molecule has 0 radical (unpaired) electrons. The predicted octanol–water partition coefficient (Wildman–Crippen LogP) is 4.17. The quantitative estimate of drug-likeness (QED) is 0.888. The van der Waals surface area contributed by atoms with Crippen LogP contribution in [-0.4, -0.2) is 6.54 Å². The van der Waals surface area contributed by atoms with Crippen LogP contribution in [0.1, 0.15) is 41.6 Å². The predicted molar refractivity (Wildman–Crippen MR) is 86.7 cm³/mol. The molecule has 1 atom stereocenters. The Morgan fingerprint density at radius 3 is 2.90 bits per heavy atom. The van der Waals surface area contributed by atoms with E-state index in [4.69, 9.17) is 4.74 Å². The average molecular weight is 281 g/mol. The van der Waals surface area contributed by atoms with Crippen molar-refractivity contribution in [2.45, 2.75) is 39.3 Å². The van der Waals surface area contributed by atoms with E-state index in [0.29, 0.717) is 12.6 Å². The van der Waals surface area contributed by atoms with Gasteiger partial charge in [-0.25, -0.2) is 0 Å². The van der Waals surface area contributed by atoms with Crippen LogP contribution >= 0.6 is 0 Å². The Balaban J connectivity index is 1.68. The van der Waals surface area contributed by atoms with Crippen molar-refractivity contribution in [1.82, 2.24) is 5.32 Å². The maximum Gasteiger partial charge on any atom is 0.120 e. The third-order valence-corrected chi connectivity index (χ3v) is 4.13. The Morgan fingerprint density at radius 1 is 1.19 bits per heavy atom. The van der Waals surface area contributed by atoms with Crippen molar-refractivity contribution in [3.63, 3.8) is 0 Å². The van der Waals surface area contributed by atoms with E-state index in [2.05, 4.69) is 61.6 Å². The molecule has 1 aliphatic carbocycles. The van der Waals surface area contributed by atoms with Crippen molar-refractivity contribution in [3.8, 4) is 5.75 Å². The lowest BCUT2D eigenvalue weighted by atomic mass is 10.1. The smallest absolute Gasteiger partial charge is 0.120 e. The lowest BCUT2D eigenvalue weighted by Crippen LogP contribution is -2.18. The summed E-state index contributed by atoms with van der Waals surface area (Å²) >= 11 is 0. The number of aryl methyl sites for hydroxylation is 2. The second-order valence-electron chi connectivity index (χ2n) is 5.79. The molecule has 1 N–H and O–H groups in total. The second kappa shape index (κ2) is 6.31.